The maximum atomic E-state index is 5.43. The first-order valence-electron chi connectivity index (χ1n) is 30.4. The van der Waals surface area contributed by atoms with Gasteiger partial charge in [0.15, 0.2) is 0 Å². The summed E-state index contributed by atoms with van der Waals surface area (Å²) in [6, 6.07) is 0. The summed E-state index contributed by atoms with van der Waals surface area (Å²) in [6.45, 7) is 64.0. The fourth-order valence-electron chi connectivity index (χ4n) is 15.5. The van der Waals surface area contributed by atoms with E-state index < -0.39 is 0 Å². The van der Waals surface area contributed by atoms with Crippen LogP contribution in [-0.2, 0) is 4.74 Å². The van der Waals surface area contributed by atoms with Gasteiger partial charge in [0.1, 0.15) is 0 Å². The molecule has 0 bridgehead atoms. The highest BCUT2D eigenvalue weighted by Gasteiger charge is 2.47. The summed E-state index contributed by atoms with van der Waals surface area (Å²) in [5, 5.41) is 3.45. The van der Waals surface area contributed by atoms with Gasteiger partial charge in [-0.2, -0.15) is 0 Å². The van der Waals surface area contributed by atoms with Crippen molar-refractivity contribution in [2.24, 2.45) is 104 Å². The maximum absolute atomic E-state index is 5.43. The van der Waals surface area contributed by atoms with Crippen molar-refractivity contribution in [3.8, 4) is 0 Å². The van der Waals surface area contributed by atoms with Gasteiger partial charge in [-0.05, 0) is 214 Å². The van der Waals surface area contributed by atoms with E-state index in [4.69, 9.17) is 4.74 Å². The standard InChI is InChI=1S/C12H25N.C12H24.C11H23N.C11H22O.C10H20.C9H18/c1-10(2)12(11(3)4)6-8-13(5)9-7-12;1-10(2)12(11(3)4)8-6-5-7-9-12;2*1-9(2)11(10(3)4)5-7-12-8-6-11;1-8(2)10(9(3)4)6-5-7-10;1-7(2)9(5-6-9)8(3)4/h10-11H,6-9H2,1-5H3;10-11H,5-9H2,1-4H3;9-10,12H,5-8H2,1-4H3;9-10H,5-8H2,1-4H3;8-9H,5-7H2,1-4H3;7-8H,5-6H2,1-4H3. The zero-order valence-corrected chi connectivity index (χ0v) is 51.8. The van der Waals surface area contributed by atoms with E-state index in [9.17, 15) is 0 Å². The topological polar surface area (TPSA) is 24.5 Å². The predicted octanol–water partition coefficient (Wildman–Crippen LogP) is 19.6. The number of ether oxygens (including phenoxy) is 1. The molecule has 3 heteroatoms. The summed E-state index contributed by atoms with van der Waals surface area (Å²) < 4.78 is 5.43. The molecule has 3 saturated heterocycles. The Kier molecular flexibility index (Phi) is 28.8. The minimum absolute atomic E-state index is 0.554. The number of hydrogen-bond donors (Lipinski definition) is 1. The lowest BCUT2D eigenvalue weighted by Gasteiger charge is -2.49. The molecule has 0 aromatic rings. The maximum Gasteiger partial charge on any atom is 0.0471 e. The van der Waals surface area contributed by atoms with E-state index in [1.807, 2.05) is 0 Å². The molecule has 3 saturated carbocycles. The zero-order valence-electron chi connectivity index (χ0n) is 51.8. The third kappa shape index (κ3) is 17.2. The number of nitrogens with one attached hydrogen (secondary N) is 1. The number of hydrogen-bond acceptors (Lipinski definition) is 3. The Bertz CT molecular complexity index is 1120. The van der Waals surface area contributed by atoms with Crippen LogP contribution in [-0.4, -0.2) is 51.3 Å². The van der Waals surface area contributed by atoms with Crippen molar-refractivity contribution in [3.05, 3.63) is 0 Å². The van der Waals surface area contributed by atoms with Gasteiger partial charge in [-0.3, -0.25) is 0 Å². The van der Waals surface area contributed by atoms with Crippen LogP contribution in [0.25, 0.3) is 0 Å². The van der Waals surface area contributed by atoms with Crippen LogP contribution in [0.5, 0.6) is 0 Å². The summed E-state index contributed by atoms with van der Waals surface area (Å²) in [6.07, 6.45) is 22.7. The summed E-state index contributed by atoms with van der Waals surface area (Å²) in [4.78, 5) is 2.46. The molecule has 68 heavy (non-hydrogen) atoms. The van der Waals surface area contributed by atoms with Gasteiger partial charge < -0.3 is 15.0 Å². The van der Waals surface area contributed by atoms with Crippen LogP contribution >= 0.6 is 0 Å². The average molecular weight is 958 g/mol. The monoisotopic (exact) mass is 957 g/mol. The molecular formula is C65H132N2O. The van der Waals surface area contributed by atoms with Crippen molar-refractivity contribution in [2.75, 3.05) is 46.4 Å². The first kappa shape index (κ1) is 65.9. The highest BCUT2D eigenvalue weighted by Crippen LogP contribution is 2.57. The molecule has 6 fully saturated rings. The van der Waals surface area contributed by atoms with Gasteiger partial charge >= 0.3 is 0 Å². The minimum atomic E-state index is 0.554. The Labute approximate surface area is 432 Å². The quantitative estimate of drug-likeness (QED) is 0.211. The van der Waals surface area contributed by atoms with Gasteiger partial charge in [0.2, 0.25) is 0 Å². The molecule has 408 valence electrons. The van der Waals surface area contributed by atoms with Crippen LogP contribution in [0.2, 0.25) is 0 Å². The fourth-order valence-corrected chi connectivity index (χ4v) is 15.5. The van der Waals surface area contributed by atoms with Gasteiger partial charge in [0.25, 0.3) is 0 Å². The van der Waals surface area contributed by atoms with Crippen LogP contribution in [0.3, 0.4) is 0 Å². The molecule has 0 radical (unpaired) electrons. The molecular weight excluding hydrogens is 825 g/mol. The van der Waals surface area contributed by atoms with Crippen LogP contribution in [0.1, 0.15) is 269 Å². The van der Waals surface area contributed by atoms with Crippen molar-refractivity contribution in [2.45, 2.75) is 269 Å². The Morgan fingerprint density at radius 2 is 0.515 bits per heavy atom. The molecule has 0 amide bonds. The van der Waals surface area contributed by atoms with Crippen molar-refractivity contribution in [1.29, 1.82) is 0 Å². The van der Waals surface area contributed by atoms with E-state index >= 15 is 0 Å². The predicted molar refractivity (Wildman–Crippen MR) is 308 cm³/mol. The molecule has 0 atom stereocenters. The summed E-state index contributed by atoms with van der Waals surface area (Å²) in [5.74, 6) is 10.2. The summed E-state index contributed by atoms with van der Waals surface area (Å²) >= 11 is 0. The Morgan fingerprint density at radius 1 is 0.279 bits per heavy atom. The molecule has 3 heterocycles. The van der Waals surface area contributed by atoms with E-state index in [-0.39, 0.29) is 0 Å². The first-order valence-corrected chi connectivity index (χ1v) is 30.4. The van der Waals surface area contributed by atoms with Crippen LogP contribution in [0.15, 0.2) is 0 Å². The second-order valence-electron chi connectivity index (χ2n) is 28.3. The molecule has 0 aromatic carbocycles. The van der Waals surface area contributed by atoms with Gasteiger partial charge in [-0.1, -0.05) is 192 Å². The molecule has 3 aliphatic carbocycles. The highest BCUT2D eigenvalue weighted by atomic mass is 16.5. The molecule has 1 N–H and O–H groups in total. The molecule has 6 rings (SSSR count). The molecule has 0 spiro atoms. The number of nitrogens with zero attached hydrogens (tertiary/aromatic N) is 1. The van der Waals surface area contributed by atoms with Crippen molar-refractivity contribution in [1.82, 2.24) is 10.2 Å². The van der Waals surface area contributed by atoms with Crippen molar-refractivity contribution >= 4 is 0 Å². The van der Waals surface area contributed by atoms with Gasteiger partial charge in [-0.15, -0.1) is 0 Å². The smallest absolute Gasteiger partial charge is 0.0471 e. The second-order valence-corrected chi connectivity index (χ2v) is 28.3. The van der Waals surface area contributed by atoms with E-state index in [0.29, 0.717) is 21.7 Å². The third-order valence-corrected chi connectivity index (χ3v) is 22.6. The lowest BCUT2D eigenvalue weighted by molar-refractivity contribution is -0.0381. The normalized spacial score (nSPS) is 23.6. The van der Waals surface area contributed by atoms with Crippen molar-refractivity contribution in [3.63, 3.8) is 0 Å². The number of rotatable bonds is 12. The Morgan fingerprint density at radius 3 is 0.706 bits per heavy atom. The molecule has 6 aliphatic rings. The van der Waals surface area contributed by atoms with Gasteiger partial charge in [-0.25, -0.2) is 0 Å². The third-order valence-electron chi connectivity index (χ3n) is 22.6. The summed E-state index contributed by atoms with van der Waals surface area (Å²) in [5.41, 5.74) is 3.94. The molecule has 0 aromatic heterocycles. The van der Waals surface area contributed by atoms with Gasteiger partial charge in [0, 0.05) is 13.2 Å². The largest absolute Gasteiger partial charge is 0.381 e. The minimum Gasteiger partial charge on any atom is -0.381 e. The van der Waals surface area contributed by atoms with E-state index in [1.54, 1.807) is 0 Å². The fraction of sp³-hybridized carbons (Fsp3) is 1.00. The lowest BCUT2D eigenvalue weighted by Crippen LogP contribution is -2.44. The first-order chi connectivity index (χ1) is 31.5. The molecule has 3 nitrogen and oxygen atoms in total. The SMILES string of the molecule is CC(C)C1(C(C)C)CC1.CC(C)C1(C(C)C)CCC1.CC(C)C1(C(C)C)CCCCC1.CC(C)C1(C(C)C)CCN(C)CC1.CC(C)C1(C(C)C)CCNCC1.CC(C)C1(C(C)C)CCOCC1. The van der Waals surface area contributed by atoms with E-state index in [0.717, 1.165) is 95.1 Å². The second kappa shape index (κ2) is 29.7. The molecule has 0 unspecified atom stereocenters. The average Bonchev–Trinajstić information content (AvgIpc) is 4.08. The highest BCUT2D eigenvalue weighted by molar-refractivity contribution is 4.98. The van der Waals surface area contributed by atoms with Crippen LogP contribution < -0.4 is 5.32 Å². The number of likely N-dealkylation sites (tertiary alicyclic amines) is 1. The van der Waals surface area contributed by atoms with Crippen LogP contribution in [0.4, 0.5) is 0 Å². The lowest BCUT2D eigenvalue weighted by atomic mass is 9.56. The Balaban J connectivity index is 0.000000409. The van der Waals surface area contributed by atoms with Crippen molar-refractivity contribution < 1.29 is 4.74 Å². The molecule has 3 aliphatic heterocycles. The number of piperidine rings is 2. The summed E-state index contributed by atoms with van der Waals surface area (Å²) in [7, 11) is 2.24. The van der Waals surface area contributed by atoms with Crippen LogP contribution in [0, 0.1) is 104 Å². The van der Waals surface area contributed by atoms with E-state index in [1.165, 1.54) is 129 Å². The zero-order chi connectivity index (χ0) is 52.5. The Hall–Kier alpha value is -0.120. The van der Waals surface area contributed by atoms with E-state index in [2.05, 4.69) is 183 Å². The van der Waals surface area contributed by atoms with Gasteiger partial charge in [0.05, 0.1) is 0 Å².